The first-order valence-corrected chi connectivity index (χ1v) is 8.19. The molecule has 0 spiro atoms. The van der Waals surface area contributed by atoms with E-state index in [1.807, 2.05) is 24.4 Å². The van der Waals surface area contributed by atoms with Gasteiger partial charge in [-0.3, -0.25) is 0 Å². The van der Waals surface area contributed by atoms with Crippen molar-refractivity contribution in [1.29, 1.82) is 0 Å². The standard InChI is InChI=1S/C16H18ClN3S/c1-19(2)9-4-10-20-13-7-6-12(17)11-15(13)21-14-5-3-8-18-16(14)20/h3,5-8,11H,4,9-10H2,1-2H3. The molecular formula is C16H18ClN3S. The summed E-state index contributed by atoms with van der Waals surface area (Å²) in [5, 5.41) is 0.779. The zero-order chi connectivity index (χ0) is 14.8. The third kappa shape index (κ3) is 3.18. The van der Waals surface area contributed by atoms with E-state index in [2.05, 4.69) is 41.0 Å². The van der Waals surface area contributed by atoms with Crippen molar-refractivity contribution >= 4 is 34.9 Å². The molecule has 1 aromatic carbocycles. The van der Waals surface area contributed by atoms with Crippen molar-refractivity contribution in [1.82, 2.24) is 9.88 Å². The predicted octanol–water partition coefficient (Wildman–Crippen LogP) is 4.29. The van der Waals surface area contributed by atoms with Crippen LogP contribution in [0.2, 0.25) is 5.02 Å². The normalized spacial score (nSPS) is 13.2. The van der Waals surface area contributed by atoms with E-state index >= 15 is 0 Å². The topological polar surface area (TPSA) is 19.4 Å². The number of hydrogen-bond acceptors (Lipinski definition) is 4. The number of rotatable bonds is 4. The number of anilines is 2. The molecule has 0 amide bonds. The maximum atomic E-state index is 6.14. The van der Waals surface area contributed by atoms with Gasteiger partial charge in [-0.05, 0) is 57.4 Å². The van der Waals surface area contributed by atoms with Crippen LogP contribution in [0.5, 0.6) is 0 Å². The summed E-state index contributed by atoms with van der Waals surface area (Å²) in [6.45, 7) is 2.02. The minimum Gasteiger partial charge on any atom is -0.324 e. The number of benzene rings is 1. The van der Waals surface area contributed by atoms with E-state index in [9.17, 15) is 0 Å². The summed E-state index contributed by atoms with van der Waals surface area (Å²) in [5.74, 6) is 1.05. The van der Waals surface area contributed by atoms with Gasteiger partial charge in [0, 0.05) is 22.7 Å². The lowest BCUT2D eigenvalue weighted by Crippen LogP contribution is -2.26. The molecule has 3 rings (SSSR count). The Morgan fingerprint density at radius 1 is 1.24 bits per heavy atom. The molecule has 2 heterocycles. The lowest BCUT2D eigenvalue weighted by molar-refractivity contribution is 0.402. The molecule has 0 saturated carbocycles. The van der Waals surface area contributed by atoms with E-state index in [0.717, 1.165) is 30.4 Å². The van der Waals surface area contributed by atoms with E-state index in [1.165, 1.54) is 15.5 Å². The van der Waals surface area contributed by atoms with Crippen molar-refractivity contribution in [2.75, 3.05) is 32.1 Å². The largest absolute Gasteiger partial charge is 0.324 e. The summed E-state index contributed by atoms with van der Waals surface area (Å²) in [6, 6.07) is 10.2. The van der Waals surface area contributed by atoms with Crippen LogP contribution in [0.15, 0.2) is 46.3 Å². The number of fused-ring (bicyclic) bond motifs is 2. The zero-order valence-corrected chi connectivity index (χ0v) is 13.8. The molecule has 0 radical (unpaired) electrons. The molecule has 0 bridgehead atoms. The smallest absolute Gasteiger partial charge is 0.147 e. The van der Waals surface area contributed by atoms with Crippen LogP contribution in [0, 0.1) is 0 Å². The van der Waals surface area contributed by atoms with Crippen molar-refractivity contribution in [3.05, 3.63) is 41.6 Å². The summed E-state index contributed by atoms with van der Waals surface area (Å²) >= 11 is 7.88. The second kappa shape index (κ2) is 6.26. The molecule has 0 atom stereocenters. The van der Waals surface area contributed by atoms with Crippen LogP contribution < -0.4 is 4.90 Å². The third-order valence-corrected chi connectivity index (χ3v) is 4.75. The Morgan fingerprint density at radius 2 is 2.10 bits per heavy atom. The highest BCUT2D eigenvalue weighted by atomic mass is 35.5. The Kier molecular flexibility index (Phi) is 4.38. The molecule has 5 heteroatoms. The summed E-state index contributed by atoms with van der Waals surface area (Å²) in [5.41, 5.74) is 1.20. The molecule has 1 aliphatic rings. The fourth-order valence-corrected chi connectivity index (χ4v) is 3.80. The maximum absolute atomic E-state index is 6.14. The molecule has 1 aliphatic heterocycles. The third-order valence-electron chi connectivity index (χ3n) is 3.43. The Hall–Kier alpha value is -1.23. The number of pyridine rings is 1. The highest BCUT2D eigenvalue weighted by Crippen LogP contribution is 2.47. The second-order valence-electron chi connectivity index (χ2n) is 5.35. The summed E-state index contributed by atoms with van der Waals surface area (Å²) < 4.78 is 0. The molecular weight excluding hydrogens is 302 g/mol. The number of nitrogens with zero attached hydrogens (tertiary/aromatic N) is 3. The van der Waals surface area contributed by atoms with Gasteiger partial charge in [0.15, 0.2) is 0 Å². The van der Waals surface area contributed by atoms with Crippen LogP contribution in [0.25, 0.3) is 0 Å². The first-order chi connectivity index (χ1) is 10.1. The highest BCUT2D eigenvalue weighted by Gasteiger charge is 2.24. The Bertz CT molecular complexity index is 645. The SMILES string of the molecule is CN(C)CCCN1c2ccc(Cl)cc2Sc2cccnc21. The predicted molar refractivity (Wildman–Crippen MR) is 90.0 cm³/mol. The van der Waals surface area contributed by atoms with Crippen molar-refractivity contribution in [3.8, 4) is 0 Å². The van der Waals surface area contributed by atoms with E-state index in [4.69, 9.17) is 11.6 Å². The number of aromatic nitrogens is 1. The summed E-state index contributed by atoms with van der Waals surface area (Å²) in [6.07, 6.45) is 2.95. The molecule has 3 nitrogen and oxygen atoms in total. The van der Waals surface area contributed by atoms with Crippen LogP contribution in [0.3, 0.4) is 0 Å². The number of halogens is 1. The van der Waals surface area contributed by atoms with Gasteiger partial charge in [-0.1, -0.05) is 23.4 Å². The fourth-order valence-electron chi connectivity index (χ4n) is 2.46. The Balaban J connectivity index is 1.94. The first kappa shape index (κ1) is 14.7. The van der Waals surface area contributed by atoms with Gasteiger partial charge in [0.25, 0.3) is 0 Å². The maximum Gasteiger partial charge on any atom is 0.147 e. The van der Waals surface area contributed by atoms with Gasteiger partial charge in [0.2, 0.25) is 0 Å². The van der Waals surface area contributed by atoms with Crippen LogP contribution in [0.1, 0.15) is 6.42 Å². The van der Waals surface area contributed by atoms with Gasteiger partial charge >= 0.3 is 0 Å². The minimum atomic E-state index is 0.779. The molecule has 1 aromatic heterocycles. The van der Waals surface area contributed by atoms with E-state index in [1.54, 1.807) is 11.8 Å². The lowest BCUT2D eigenvalue weighted by Gasteiger charge is -2.32. The second-order valence-corrected chi connectivity index (χ2v) is 6.87. The van der Waals surface area contributed by atoms with Gasteiger partial charge in [0.05, 0.1) is 10.6 Å². The van der Waals surface area contributed by atoms with Crippen molar-refractivity contribution < 1.29 is 0 Å². The quantitative estimate of drug-likeness (QED) is 0.837. The molecule has 110 valence electrons. The van der Waals surface area contributed by atoms with Crippen LogP contribution in [-0.4, -0.2) is 37.1 Å². The Labute approximate surface area is 134 Å². The molecule has 0 saturated heterocycles. The average molecular weight is 320 g/mol. The fraction of sp³-hybridized carbons (Fsp3) is 0.312. The molecule has 0 unspecified atom stereocenters. The molecule has 0 aliphatic carbocycles. The number of hydrogen-bond donors (Lipinski definition) is 0. The zero-order valence-electron chi connectivity index (χ0n) is 12.2. The van der Waals surface area contributed by atoms with Crippen molar-refractivity contribution in [2.45, 2.75) is 16.2 Å². The van der Waals surface area contributed by atoms with E-state index in [-0.39, 0.29) is 0 Å². The Morgan fingerprint density at radius 3 is 2.90 bits per heavy atom. The average Bonchev–Trinajstić information content (AvgIpc) is 2.46. The lowest BCUT2D eigenvalue weighted by atomic mass is 10.2. The van der Waals surface area contributed by atoms with Crippen LogP contribution in [-0.2, 0) is 0 Å². The van der Waals surface area contributed by atoms with Crippen molar-refractivity contribution in [3.63, 3.8) is 0 Å². The molecule has 2 aromatic rings. The van der Waals surface area contributed by atoms with Gasteiger partial charge in [-0.25, -0.2) is 4.98 Å². The van der Waals surface area contributed by atoms with Gasteiger partial charge < -0.3 is 9.80 Å². The monoisotopic (exact) mass is 319 g/mol. The van der Waals surface area contributed by atoms with E-state index < -0.39 is 0 Å². The molecule has 21 heavy (non-hydrogen) atoms. The van der Waals surface area contributed by atoms with Crippen molar-refractivity contribution in [2.24, 2.45) is 0 Å². The molecule has 0 N–H and O–H groups in total. The van der Waals surface area contributed by atoms with E-state index in [0.29, 0.717) is 0 Å². The summed E-state index contributed by atoms with van der Waals surface area (Å²) in [7, 11) is 4.21. The van der Waals surface area contributed by atoms with Gasteiger partial charge in [0.1, 0.15) is 5.82 Å². The van der Waals surface area contributed by atoms with Gasteiger partial charge in [-0.15, -0.1) is 0 Å². The van der Waals surface area contributed by atoms with Gasteiger partial charge in [-0.2, -0.15) is 0 Å². The van der Waals surface area contributed by atoms with Crippen LogP contribution in [0.4, 0.5) is 11.5 Å². The highest BCUT2D eigenvalue weighted by molar-refractivity contribution is 7.99. The van der Waals surface area contributed by atoms with Crippen LogP contribution >= 0.6 is 23.4 Å². The first-order valence-electron chi connectivity index (χ1n) is 7.00. The summed E-state index contributed by atoms with van der Waals surface area (Å²) in [4.78, 5) is 11.5. The minimum absolute atomic E-state index is 0.779. The molecule has 0 fully saturated rings.